The fraction of sp³-hybridized carbons (Fsp3) is 0.500. The summed E-state index contributed by atoms with van der Waals surface area (Å²) in [7, 11) is -3.89. The molecule has 0 radical (unpaired) electrons. The molecular formula is C10H17N3O4S2. The summed E-state index contributed by atoms with van der Waals surface area (Å²) in [5.74, 6) is 0. The third-order valence-electron chi connectivity index (χ3n) is 2.47. The molecule has 0 saturated carbocycles. The summed E-state index contributed by atoms with van der Waals surface area (Å²) in [6, 6.07) is 2.43. The first-order valence-electron chi connectivity index (χ1n) is 5.46. The molecule has 9 heteroatoms. The molecule has 0 amide bonds. The molecule has 7 nitrogen and oxygen atoms in total. The van der Waals surface area contributed by atoms with Crippen molar-refractivity contribution in [2.24, 2.45) is 0 Å². The van der Waals surface area contributed by atoms with Crippen LogP contribution in [0.3, 0.4) is 0 Å². The number of rotatable bonds is 6. The first-order valence-corrected chi connectivity index (χ1v) is 8.80. The molecule has 1 rings (SSSR count). The Kier molecular flexibility index (Phi) is 5.02. The SMILES string of the molecule is CNCCN(C)S(=O)(=O)c1ccc(S(C)(=O)=O)nc1. The summed E-state index contributed by atoms with van der Waals surface area (Å²) in [6.45, 7) is 0.831. The first-order chi connectivity index (χ1) is 8.69. The lowest BCUT2D eigenvalue weighted by molar-refractivity contribution is 0.465. The predicted molar refractivity (Wildman–Crippen MR) is 71.1 cm³/mol. The summed E-state index contributed by atoms with van der Waals surface area (Å²) in [6.07, 6.45) is 2.07. The Bertz CT molecular complexity index is 623. The highest BCUT2D eigenvalue weighted by Crippen LogP contribution is 2.14. The van der Waals surface area contributed by atoms with E-state index >= 15 is 0 Å². The van der Waals surface area contributed by atoms with Gasteiger partial charge in [-0.2, -0.15) is 4.31 Å². The van der Waals surface area contributed by atoms with E-state index in [1.165, 1.54) is 23.5 Å². The van der Waals surface area contributed by atoms with Crippen LogP contribution in [0.5, 0.6) is 0 Å². The van der Waals surface area contributed by atoms with Crippen LogP contribution in [0.2, 0.25) is 0 Å². The van der Waals surface area contributed by atoms with Crippen molar-refractivity contribution in [1.29, 1.82) is 0 Å². The zero-order valence-corrected chi connectivity index (χ0v) is 12.6. The number of aromatic nitrogens is 1. The van der Waals surface area contributed by atoms with Crippen LogP contribution in [-0.2, 0) is 19.9 Å². The van der Waals surface area contributed by atoms with E-state index in [4.69, 9.17) is 0 Å². The number of sulfonamides is 1. The minimum absolute atomic E-state index is 0.0292. The number of nitrogens with one attached hydrogen (secondary N) is 1. The standard InChI is InChI=1S/C10H17N3O4S2/c1-11-6-7-13(2)19(16,17)9-4-5-10(12-8-9)18(3,14)15/h4-5,8,11H,6-7H2,1-3H3. The predicted octanol–water partition coefficient (Wildman–Crippen LogP) is -0.675. The van der Waals surface area contributed by atoms with Crippen molar-refractivity contribution in [2.45, 2.75) is 9.92 Å². The number of sulfone groups is 1. The third-order valence-corrected chi connectivity index (χ3v) is 5.32. The molecule has 1 aromatic heterocycles. The molecule has 0 atom stereocenters. The second kappa shape index (κ2) is 5.95. The van der Waals surface area contributed by atoms with Crippen molar-refractivity contribution in [3.63, 3.8) is 0 Å². The van der Waals surface area contributed by atoms with Crippen molar-refractivity contribution in [3.05, 3.63) is 18.3 Å². The summed E-state index contributed by atoms with van der Waals surface area (Å²) in [5, 5.41) is 2.70. The third kappa shape index (κ3) is 3.96. The highest BCUT2D eigenvalue weighted by Gasteiger charge is 2.21. The number of nitrogens with zero attached hydrogens (tertiary/aromatic N) is 2. The molecule has 0 unspecified atom stereocenters. The van der Waals surface area contributed by atoms with E-state index in [-0.39, 0.29) is 9.92 Å². The lowest BCUT2D eigenvalue weighted by Gasteiger charge is -2.16. The summed E-state index contributed by atoms with van der Waals surface area (Å²) < 4.78 is 47.9. The number of pyridine rings is 1. The van der Waals surface area contributed by atoms with Crippen LogP contribution in [-0.4, -0.2) is 59.6 Å². The van der Waals surface area contributed by atoms with Gasteiger partial charge in [0.1, 0.15) is 4.90 Å². The molecule has 0 saturated heterocycles. The minimum Gasteiger partial charge on any atom is -0.318 e. The molecular weight excluding hydrogens is 290 g/mol. The van der Waals surface area contributed by atoms with Gasteiger partial charge in [0.2, 0.25) is 10.0 Å². The quantitative estimate of drug-likeness (QED) is 0.748. The van der Waals surface area contributed by atoms with Gasteiger partial charge >= 0.3 is 0 Å². The van der Waals surface area contributed by atoms with Crippen LogP contribution in [0.1, 0.15) is 0 Å². The van der Waals surface area contributed by atoms with Crippen molar-refractivity contribution in [1.82, 2.24) is 14.6 Å². The highest BCUT2D eigenvalue weighted by molar-refractivity contribution is 7.90. The molecule has 1 N–H and O–H groups in total. The molecule has 0 fully saturated rings. The maximum atomic E-state index is 12.1. The van der Waals surface area contributed by atoms with Gasteiger partial charge in [-0.15, -0.1) is 0 Å². The normalized spacial score (nSPS) is 12.8. The van der Waals surface area contributed by atoms with Gasteiger partial charge in [0, 0.05) is 32.6 Å². The molecule has 1 heterocycles. The Morgan fingerprint density at radius 1 is 1.26 bits per heavy atom. The maximum absolute atomic E-state index is 12.1. The summed E-state index contributed by atoms with van der Waals surface area (Å²) in [5.41, 5.74) is 0. The molecule has 1 aromatic rings. The van der Waals surface area contributed by atoms with Crippen molar-refractivity contribution in [3.8, 4) is 0 Å². The first kappa shape index (κ1) is 16.0. The maximum Gasteiger partial charge on any atom is 0.244 e. The van der Waals surface area contributed by atoms with E-state index in [0.29, 0.717) is 13.1 Å². The lowest BCUT2D eigenvalue weighted by Crippen LogP contribution is -2.32. The van der Waals surface area contributed by atoms with Crippen molar-refractivity contribution < 1.29 is 16.8 Å². The van der Waals surface area contributed by atoms with Crippen LogP contribution in [0, 0.1) is 0 Å². The Labute approximate surface area is 113 Å². The second-order valence-corrected chi connectivity index (χ2v) is 8.04. The average molecular weight is 307 g/mol. The van der Waals surface area contributed by atoms with E-state index in [9.17, 15) is 16.8 Å². The van der Waals surface area contributed by atoms with Crippen LogP contribution in [0.15, 0.2) is 28.3 Å². The van der Waals surface area contributed by atoms with Gasteiger partial charge in [-0.1, -0.05) is 0 Å². The van der Waals surface area contributed by atoms with Gasteiger partial charge in [-0.25, -0.2) is 21.8 Å². The van der Waals surface area contributed by atoms with Crippen LogP contribution in [0.25, 0.3) is 0 Å². The van der Waals surface area contributed by atoms with Gasteiger partial charge in [-0.3, -0.25) is 0 Å². The monoisotopic (exact) mass is 307 g/mol. The Hall–Kier alpha value is -1.03. The van der Waals surface area contributed by atoms with E-state index in [1.807, 2.05) is 0 Å². The lowest BCUT2D eigenvalue weighted by atomic mass is 10.5. The molecule has 0 aliphatic heterocycles. The average Bonchev–Trinajstić information content (AvgIpc) is 2.35. The molecule has 0 aromatic carbocycles. The van der Waals surface area contributed by atoms with E-state index in [0.717, 1.165) is 12.5 Å². The van der Waals surface area contributed by atoms with Gasteiger partial charge in [0.15, 0.2) is 14.9 Å². The molecule has 0 aliphatic carbocycles. The van der Waals surface area contributed by atoms with Crippen molar-refractivity contribution in [2.75, 3.05) is 33.4 Å². The van der Waals surface area contributed by atoms with Gasteiger partial charge in [-0.05, 0) is 19.2 Å². The fourth-order valence-corrected chi connectivity index (χ4v) is 2.98. The summed E-state index contributed by atoms with van der Waals surface area (Å²) >= 11 is 0. The number of hydrogen-bond donors (Lipinski definition) is 1. The van der Waals surface area contributed by atoms with Crippen LogP contribution < -0.4 is 5.32 Å². The Morgan fingerprint density at radius 2 is 1.89 bits per heavy atom. The van der Waals surface area contributed by atoms with E-state index < -0.39 is 19.9 Å². The smallest absolute Gasteiger partial charge is 0.244 e. The zero-order valence-electron chi connectivity index (χ0n) is 11.0. The van der Waals surface area contributed by atoms with Crippen LogP contribution >= 0.6 is 0 Å². The van der Waals surface area contributed by atoms with Gasteiger partial charge in [0.25, 0.3) is 0 Å². The minimum atomic E-state index is -3.64. The van der Waals surface area contributed by atoms with Crippen molar-refractivity contribution >= 4 is 19.9 Å². The van der Waals surface area contributed by atoms with E-state index in [1.54, 1.807) is 7.05 Å². The molecule has 0 aliphatic rings. The molecule has 19 heavy (non-hydrogen) atoms. The zero-order chi connectivity index (χ0) is 14.7. The largest absolute Gasteiger partial charge is 0.318 e. The highest BCUT2D eigenvalue weighted by atomic mass is 32.2. The fourth-order valence-electron chi connectivity index (χ4n) is 1.31. The molecule has 108 valence electrons. The Balaban J connectivity index is 3.03. The number of hydrogen-bond acceptors (Lipinski definition) is 6. The molecule has 0 spiro atoms. The van der Waals surface area contributed by atoms with E-state index in [2.05, 4.69) is 10.3 Å². The topological polar surface area (TPSA) is 96.4 Å². The summed E-state index contributed by atoms with van der Waals surface area (Å²) in [4.78, 5) is 3.64. The molecule has 0 bridgehead atoms. The van der Waals surface area contributed by atoms with Crippen LogP contribution in [0.4, 0.5) is 0 Å². The Morgan fingerprint density at radius 3 is 2.32 bits per heavy atom. The number of likely N-dealkylation sites (N-methyl/N-ethyl adjacent to an activating group) is 2. The second-order valence-electron chi connectivity index (χ2n) is 4.03. The van der Waals surface area contributed by atoms with Gasteiger partial charge in [0.05, 0.1) is 0 Å². The van der Waals surface area contributed by atoms with Gasteiger partial charge < -0.3 is 5.32 Å².